The van der Waals surface area contributed by atoms with E-state index in [0.717, 1.165) is 22.6 Å². The third-order valence-corrected chi connectivity index (χ3v) is 6.71. The molecule has 0 saturated heterocycles. The zero-order valence-corrected chi connectivity index (χ0v) is 17.9. The lowest BCUT2D eigenvalue weighted by Gasteiger charge is -2.10. The molecule has 30 heavy (non-hydrogen) atoms. The van der Waals surface area contributed by atoms with Crippen LogP contribution in [-0.2, 0) is 24.3 Å². The summed E-state index contributed by atoms with van der Waals surface area (Å²) in [6.07, 6.45) is 0. The zero-order chi connectivity index (χ0) is 21.7. The van der Waals surface area contributed by atoms with Gasteiger partial charge in [0.15, 0.2) is 6.61 Å². The largest absolute Gasteiger partial charge is 0.455 e. The van der Waals surface area contributed by atoms with E-state index < -0.39 is 35.1 Å². The molecule has 9 nitrogen and oxygen atoms in total. The van der Waals surface area contributed by atoms with Crippen LogP contribution in [0, 0.1) is 13.8 Å². The average molecular weight is 449 g/mol. The number of rotatable bonds is 8. The van der Waals surface area contributed by atoms with Crippen LogP contribution in [0.25, 0.3) is 5.69 Å². The monoisotopic (exact) mass is 448 g/mol. The number of esters is 1. The number of carbonyl (C=O) groups is 2. The summed E-state index contributed by atoms with van der Waals surface area (Å²) in [5.74, 6) is -1.01. The van der Waals surface area contributed by atoms with Crippen LogP contribution in [0.3, 0.4) is 0 Å². The van der Waals surface area contributed by atoms with Crippen molar-refractivity contribution in [3.05, 3.63) is 59.1 Å². The maximum Gasteiger partial charge on any atom is 0.321 e. The van der Waals surface area contributed by atoms with E-state index in [0.29, 0.717) is 11.5 Å². The number of thiophene rings is 1. The standard InChI is InChI=1S/C19H20N4O5S2/c1-13-5-7-15(8-6-13)23-16(10-14(2)22-23)21-17(24)12-28-18(25)11-20-30(26,27)19-4-3-9-29-19/h3-10,20H,11-12H2,1-2H3,(H,21,24). The molecule has 0 radical (unpaired) electrons. The predicted molar refractivity (Wildman–Crippen MR) is 112 cm³/mol. The topological polar surface area (TPSA) is 119 Å². The molecule has 0 aliphatic heterocycles. The summed E-state index contributed by atoms with van der Waals surface area (Å²) in [4.78, 5) is 24.0. The number of hydrogen-bond acceptors (Lipinski definition) is 7. The second-order valence-electron chi connectivity index (χ2n) is 6.38. The van der Waals surface area contributed by atoms with Crippen molar-refractivity contribution in [1.82, 2.24) is 14.5 Å². The van der Waals surface area contributed by atoms with Gasteiger partial charge in [0.1, 0.15) is 16.6 Å². The Bertz CT molecular complexity index is 1140. The van der Waals surface area contributed by atoms with E-state index in [1.54, 1.807) is 29.1 Å². The van der Waals surface area contributed by atoms with Crippen molar-refractivity contribution in [1.29, 1.82) is 0 Å². The number of ether oxygens (including phenoxy) is 1. The molecule has 1 amide bonds. The normalized spacial score (nSPS) is 11.3. The number of amides is 1. The van der Waals surface area contributed by atoms with E-state index in [4.69, 9.17) is 4.74 Å². The second kappa shape index (κ2) is 9.20. The summed E-state index contributed by atoms with van der Waals surface area (Å²) < 4.78 is 32.6. The predicted octanol–water partition coefficient (Wildman–Crippen LogP) is 2.01. The Kier molecular flexibility index (Phi) is 6.65. The summed E-state index contributed by atoms with van der Waals surface area (Å²) in [6, 6.07) is 12.3. The molecule has 0 unspecified atom stereocenters. The number of nitrogens with zero attached hydrogens (tertiary/aromatic N) is 2. The van der Waals surface area contributed by atoms with Gasteiger partial charge in [0.2, 0.25) is 0 Å². The molecule has 0 aliphatic rings. The molecule has 158 valence electrons. The zero-order valence-electron chi connectivity index (χ0n) is 16.3. The molecule has 3 rings (SSSR count). The van der Waals surface area contributed by atoms with Crippen molar-refractivity contribution in [2.45, 2.75) is 18.1 Å². The number of sulfonamides is 1. The maximum atomic E-state index is 12.2. The number of benzene rings is 1. The summed E-state index contributed by atoms with van der Waals surface area (Å²) >= 11 is 1.03. The van der Waals surface area contributed by atoms with Crippen LogP contribution < -0.4 is 10.0 Å². The Hall–Kier alpha value is -3.02. The highest BCUT2D eigenvalue weighted by Crippen LogP contribution is 2.18. The highest BCUT2D eigenvalue weighted by atomic mass is 32.2. The molecule has 11 heteroatoms. The average Bonchev–Trinajstić information content (AvgIpc) is 3.36. The fourth-order valence-electron chi connectivity index (χ4n) is 2.49. The van der Waals surface area contributed by atoms with Crippen LogP contribution >= 0.6 is 11.3 Å². The fourth-order valence-corrected chi connectivity index (χ4v) is 4.50. The minimum absolute atomic E-state index is 0.0905. The number of aryl methyl sites for hydroxylation is 2. The summed E-state index contributed by atoms with van der Waals surface area (Å²) in [5.41, 5.74) is 2.56. The third-order valence-electron chi connectivity index (χ3n) is 3.91. The minimum Gasteiger partial charge on any atom is -0.455 e. The number of anilines is 1. The van der Waals surface area contributed by atoms with Gasteiger partial charge in [-0.2, -0.15) is 9.82 Å². The van der Waals surface area contributed by atoms with Crippen molar-refractivity contribution in [2.24, 2.45) is 0 Å². The first-order valence-corrected chi connectivity index (χ1v) is 11.2. The highest BCUT2D eigenvalue weighted by molar-refractivity contribution is 7.91. The molecule has 0 atom stereocenters. The van der Waals surface area contributed by atoms with Gasteiger partial charge in [0.05, 0.1) is 11.4 Å². The van der Waals surface area contributed by atoms with Gasteiger partial charge in [-0.25, -0.2) is 13.1 Å². The third kappa shape index (κ3) is 5.53. The van der Waals surface area contributed by atoms with Gasteiger partial charge in [-0.05, 0) is 37.4 Å². The van der Waals surface area contributed by atoms with Gasteiger partial charge in [0, 0.05) is 6.07 Å². The van der Waals surface area contributed by atoms with E-state index in [9.17, 15) is 18.0 Å². The molecule has 1 aromatic carbocycles. The molecule has 0 fully saturated rings. The molecule has 3 aromatic rings. The van der Waals surface area contributed by atoms with Crippen molar-refractivity contribution in [3.8, 4) is 5.69 Å². The Morgan fingerprint density at radius 3 is 2.57 bits per heavy atom. The second-order valence-corrected chi connectivity index (χ2v) is 9.33. The van der Waals surface area contributed by atoms with Gasteiger partial charge < -0.3 is 10.1 Å². The number of carbonyl (C=O) groups excluding carboxylic acids is 2. The summed E-state index contributed by atoms with van der Waals surface area (Å²) in [5, 5.41) is 8.61. The summed E-state index contributed by atoms with van der Waals surface area (Å²) in [7, 11) is -3.78. The van der Waals surface area contributed by atoms with Crippen molar-refractivity contribution < 1.29 is 22.7 Å². The molecular weight excluding hydrogens is 428 g/mol. The van der Waals surface area contributed by atoms with Gasteiger partial charge >= 0.3 is 5.97 Å². The van der Waals surface area contributed by atoms with Gasteiger partial charge in [-0.15, -0.1) is 11.3 Å². The lowest BCUT2D eigenvalue weighted by molar-refractivity contribution is -0.146. The lowest BCUT2D eigenvalue weighted by Crippen LogP contribution is -2.32. The van der Waals surface area contributed by atoms with Gasteiger partial charge in [-0.1, -0.05) is 23.8 Å². The lowest BCUT2D eigenvalue weighted by atomic mass is 10.2. The first-order valence-electron chi connectivity index (χ1n) is 8.87. The Labute approximate surface area is 177 Å². The quantitative estimate of drug-likeness (QED) is 0.509. The number of nitrogens with one attached hydrogen (secondary N) is 2. The first-order chi connectivity index (χ1) is 14.2. The molecule has 0 spiro atoms. The van der Waals surface area contributed by atoms with Crippen LogP contribution in [-0.4, -0.2) is 43.2 Å². The SMILES string of the molecule is Cc1ccc(-n2nc(C)cc2NC(=O)COC(=O)CNS(=O)(=O)c2cccs2)cc1. The van der Waals surface area contributed by atoms with Crippen LogP contribution in [0.4, 0.5) is 5.82 Å². The molecular formula is C19H20N4O5S2. The number of hydrogen-bond donors (Lipinski definition) is 2. The molecule has 2 N–H and O–H groups in total. The Morgan fingerprint density at radius 2 is 1.90 bits per heavy atom. The molecule has 0 saturated carbocycles. The van der Waals surface area contributed by atoms with Crippen LogP contribution in [0.15, 0.2) is 52.1 Å². The summed E-state index contributed by atoms with van der Waals surface area (Å²) in [6.45, 7) is 2.63. The molecule has 0 aliphatic carbocycles. The molecule has 2 heterocycles. The van der Waals surface area contributed by atoms with E-state index in [-0.39, 0.29) is 4.21 Å². The van der Waals surface area contributed by atoms with Crippen LogP contribution in [0.5, 0.6) is 0 Å². The molecule has 2 aromatic heterocycles. The van der Waals surface area contributed by atoms with E-state index in [2.05, 4.69) is 15.1 Å². The van der Waals surface area contributed by atoms with Crippen LogP contribution in [0.1, 0.15) is 11.3 Å². The van der Waals surface area contributed by atoms with Crippen LogP contribution in [0.2, 0.25) is 0 Å². The minimum atomic E-state index is -3.78. The smallest absolute Gasteiger partial charge is 0.321 e. The maximum absolute atomic E-state index is 12.2. The number of aromatic nitrogens is 2. The first kappa shape index (κ1) is 21.7. The van der Waals surface area contributed by atoms with Gasteiger partial charge in [-0.3, -0.25) is 9.59 Å². The highest BCUT2D eigenvalue weighted by Gasteiger charge is 2.18. The van der Waals surface area contributed by atoms with Crippen molar-refractivity contribution in [3.63, 3.8) is 0 Å². The fraction of sp³-hybridized carbons (Fsp3) is 0.211. The van der Waals surface area contributed by atoms with E-state index in [1.165, 1.54) is 6.07 Å². The van der Waals surface area contributed by atoms with Crippen molar-refractivity contribution >= 4 is 39.1 Å². The van der Waals surface area contributed by atoms with E-state index in [1.807, 2.05) is 31.2 Å². The molecule has 0 bridgehead atoms. The van der Waals surface area contributed by atoms with Crippen molar-refractivity contribution in [2.75, 3.05) is 18.5 Å². The Balaban J connectivity index is 1.54. The Morgan fingerprint density at radius 1 is 1.17 bits per heavy atom. The van der Waals surface area contributed by atoms with Gasteiger partial charge in [0.25, 0.3) is 15.9 Å². The van der Waals surface area contributed by atoms with E-state index >= 15 is 0 Å².